The van der Waals surface area contributed by atoms with Crippen LogP contribution in [0.3, 0.4) is 0 Å². The molecule has 0 saturated heterocycles. The van der Waals surface area contributed by atoms with E-state index < -0.39 is 0 Å². The van der Waals surface area contributed by atoms with Crippen LogP contribution in [0.4, 0.5) is 0 Å². The summed E-state index contributed by atoms with van der Waals surface area (Å²) in [6.07, 6.45) is 1.54. The largest absolute Gasteiger partial charge is 0.294 e. The highest BCUT2D eigenvalue weighted by Gasteiger charge is 2.30. The molecule has 6 heteroatoms. The minimum Gasteiger partial charge on any atom is -0.294 e. The Labute approximate surface area is 93.9 Å². The van der Waals surface area contributed by atoms with Gasteiger partial charge in [0.15, 0.2) is 16.7 Å². The van der Waals surface area contributed by atoms with Gasteiger partial charge in [-0.15, -0.1) is 0 Å². The van der Waals surface area contributed by atoms with Gasteiger partial charge in [-0.3, -0.25) is 9.59 Å². The Hall–Kier alpha value is -0.260. The fraction of sp³-hybridized carbons (Fsp3) is 0.375. The number of allylic oxidation sites excluding steroid dienone is 2. The van der Waals surface area contributed by atoms with Crippen molar-refractivity contribution in [1.29, 1.82) is 0 Å². The molecular weight excluding hydrogens is 242 g/mol. The maximum Gasteiger partial charge on any atom is 0.167 e. The van der Waals surface area contributed by atoms with Gasteiger partial charge in [-0.2, -0.15) is 4.40 Å². The predicted molar refractivity (Wildman–Crippen MR) is 59.4 cm³/mol. The van der Waals surface area contributed by atoms with Crippen LogP contribution in [0.1, 0.15) is 19.3 Å². The lowest BCUT2D eigenvalue weighted by atomic mass is 9.92. The second-order valence-corrected chi connectivity index (χ2v) is 5.16. The van der Waals surface area contributed by atoms with Gasteiger partial charge in [0.05, 0.1) is 21.5 Å². The van der Waals surface area contributed by atoms with E-state index in [4.69, 9.17) is 11.6 Å². The van der Waals surface area contributed by atoms with Crippen molar-refractivity contribution in [3.63, 3.8) is 0 Å². The second kappa shape index (κ2) is 4.08. The van der Waals surface area contributed by atoms with E-state index in [1.807, 2.05) is 0 Å². The Bertz CT molecular complexity index is 358. The van der Waals surface area contributed by atoms with E-state index in [-0.39, 0.29) is 22.3 Å². The summed E-state index contributed by atoms with van der Waals surface area (Å²) in [5, 5.41) is 0.276. The van der Waals surface area contributed by atoms with Gasteiger partial charge < -0.3 is 0 Å². The standard InChI is InChI=1S/C8H6ClNO2S2/c9-8-7(13-14-10-8)6-4(11)2-1-3-5(6)12/h1-3H2. The molecular formula is C8H6ClNO2S2. The first kappa shape index (κ1) is 10.3. The molecule has 0 radical (unpaired) electrons. The van der Waals surface area contributed by atoms with Crippen molar-refractivity contribution in [2.24, 2.45) is 4.40 Å². The maximum atomic E-state index is 11.5. The number of carbonyl (C=O) groups excluding carboxylic acids is 2. The van der Waals surface area contributed by atoms with E-state index in [2.05, 4.69) is 4.40 Å². The van der Waals surface area contributed by atoms with Gasteiger partial charge in [-0.05, 0) is 17.2 Å². The molecule has 0 atom stereocenters. The van der Waals surface area contributed by atoms with Crippen molar-refractivity contribution in [3.8, 4) is 0 Å². The van der Waals surface area contributed by atoms with Crippen molar-refractivity contribution < 1.29 is 9.59 Å². The average molecular weight is 248 g/mol. The van der Waals surface area contributed by atoms with Gasteiger partial charge in [-0.1, -0.05) is 11.6 Å². The number of rotatable bonds is 0. The third-order valence-corrected chi connectivity index (χ3v) is 4.35. The highest BCUT2D eigenvalue weighted by atomic mass is 35.5. The summed E-state index contributed by atoms with van der Waals surface area (Å²) in [7, 11) is 2.48. The zero-order valence-corrected chi connectivity index (χ0v) is 9.47. The number of hydrogen-bond acceptors (Lipinski definition) is 5. The topological polar surface area (TPSA) is 46.5 Å². The monoisotopic (exact) mass is 247 g/mol. The van der Waals surface area contributed by atoms with Crippen LogP contribution in [0.2, 0.25) is 0 Å². The number of hydrogen-bond donors (Lipinski definition) is 0. The van der Waals surface area contributed by atoms with Crippen LogP contribution in [0.25, 0.3) is 0 Å². The Balaban J connectivity index is 2.43. The van der Waals surface area contributed by atoms with Crippen LogP contribution in [0.15, 0.2) is 14.9 Å². The molecule has 0 aromatic rings. The van der Waals surface area contributed by atoms with Crippen molar-refractivity contribution in [2.45, 2.75) is 19.3 Å². The summed E-state index contributed by atoms with van der Waals surface area (Å²) in [5.41, 5.74) is 0.264. The second-order valence-electron chi connectivity index (χ2n) is 2.94. The molecule has 3 nitrogen and oxygen atoms in total. The first-order valence-electron chi connectivity index (χ1n) is 4.08. The summed E-state index contributed by atoms with van der Waals surface area (Å²) < 4.78 is 3.86. The minimum absolute atomic E-state index is 0.0976. The summed E-state index contributed by atoms with van der Waals surface area (Å²) in [6, 6.07) is 0. The predicted octanol–water partition coefficient (Wildman–Crippen LogP) is 2.51. The summed E-state index contributed by atoms with van der Waals surface area (Å²) in [5.74, 6) is -0.195. The van der Waals surface area contributed by atoms with E-state index in [9.17, 15) is 9.59 Å². The van der Waals surface area contributed by atoms with E-state index in [0.717, 1.165) is 0 Å². The van der Waals surface area contributed by atoms with E-state index in [1.165, 1.54) is 21.8 Å². The molecule has 1 heterocycles. The van der Waals surface area contributed by atoms with Gasteiger partial charge >= 0.3 is 0 Å². The molecule has 0 N–H and O–H groups in total. The third kappa shape index (κ3) is 1.76. The molecule has 74 valence electrons. The lowest BCUT2D eigenvalue weighted by Crippen LogP contribution is -2.20. The van der Waals surface area contributed by atoms with Gasteiger partial charge in [0, 0.05) is 12.8 Å². The van der Waals surface area contributed by atoms with Crippen LogP contribution in [-0.4, -0.2) is 16.7 Å². The molecule has 14 heavy (non-hydrogen) atoms. The van der Waals surface area contributed by atoms with E-state index >= 15 is 0 Å². The van der Waals surface area contributed by atoms with Crippen molar-refractivity contribution in [2.75, 3.05) is 0 Å². The van der Waals surface area contributed by atoms with Crippen LogP contribution in [0, 0.1) is 0 Å². The van der Waals surface area contributed by atoms with Gasteiger partial charge in [0.25, 0.3) is 0 Å². The first-order chi connectivity index (χ1) is 6.70. The fourth-order valence-electron chi connectivity index (χ4n) is 1.38. The van der Waals surface area contributed by atoms with E-state index in [0.29, 0.717) is 24.2 Å². The number of ketones is 2. The molecule has 1 fully saturated rings. The summed E-state index contributed by atoms with van der Waals surface area (Å²) >= 11 is 5.79. The molecule has 2 aliphatic rings. The van der Waals surface area contributed by atoms with Crippen LogP contribution < -0.4 is 0 Å². The van der Waals surface area contributed by atoms with Crippen molar-refractivity contribution in [1.82, 2.24) is 0 Å². The molecule has 0 aromatic carbocycles. The number of carbonyl (C=O) groups is 2. The molecule has 0 spiro atoms. The third-order valence-electron chi connectivity index (χ3n) is 2.02. The van der Waals surface area contributed by atoms with E-state index in [1.54, 1.807) is 0 Å². The van der Waals surface area contributed by atoms with Crippen LogP contribution >= 0.6 is 33.4 Å². The average Bonchev–Trinajstić information content (AvgIpc) is 2.52. The highest BCUT2D eigenvalue weighted by molar-refractivity contribution is 8.78. The molecule has 0 unspecified atom stereocenters. The maximum absolute atomic E-state index is 11.5. The van der Waals surface area contributed by atoms with Gasteiger partial charge in [0.2, 0.25) is 0 Å². The molecule has 0 amide bonds. The van der Waals surface area contributed by atoms with Crippen molar-refractivity contribution in [3.05, 3.63) is 10.5 Å². The summed E-state index contributed by atoms with van der Waals surface area (Å²) in [4.78, 5) is 23.6. The summed E-state index contributed by atoms with van der Waals surface area (Å²) in [6.45, 7) is 0. The quantitative estimate of drug-likeness (QED) is 0.286. The first-order valence-corrected chi connectivity index (χ1v) is 6.57. The van der Waals surface area contributed by atoms with Gasteiger partial charge in [0.1, 0.15) is 0 Å². The Morgan fingerprint density at radius 3 is 2.36 bits per heavy atom. The number of Topliss-reactive ketones (excluding diaryl/α,β-unsaturated/α-hetero) is 2. The molecule has 2 rings (SSSR count). The van der Waals surface area contributed by atoms with Gasteiger partial charge in [-0.25, -0.2) is 0 Å². The number of halogens is 1. The lowest BCUT2D eigenvalue weighted by molar-refractivity contribution is -0.123. The lowest BCUT2D eigenvalue weighted by Gasteiger charge is -2.12. The van der Waals surface area contributed by atoms with Crippen LogP contribution in [-0.2, 0) is 9.59 Å². The van der Waals surface area contributed by atoms with Crippen LogP contribution in [0.5, 0.6) is 0 Å². The molecule has 0 bridgehead atoms. The Morgan fingerprint density at radius 1 is 1.21 bits per heavy atom. The minimum atomic E-state index is -0.0976. The normalized spacial score (nSPS) is 23.1. The SMILES string of the molecule is O=C1CCCC(=O)C1=C1SSN=C1Cl. The number of nitrogens with zero attached hydrogens (tertiary/aromatic N) is 1. The zero-order chi connectivity index (χ0) is 10.1. The Morgan fingerprint density at radius 2 is 1.86 bits per heavy atom. The molecule has 1 saturated carbocycles. The Kier molecular flexibility index (Phi) is 2.99. The molecule has 1 aliphatic heterocycles. The van der Waals surface area contributed by atoms with Crippen molar-refractivity contribution >= 4 is 50.1 Å². The fourth-order valence-corrected chi connectivity index (χ4v) is 3.75. The molecule has 1 aliphatic carbocycles. The smallest absolute Gasteiger partial charge is 0.167 e. The molecule has 0 aromatic heterocycles. The highest BCUT2D eigenvalue weighted by Crippen LogP contribution is 2.43. The zero-order valence-electron chi connectivity index (χ0n) is 7.08.